The molecule has 0 radical (unpaired) electrons. The maximum atomic E-state index is 13.7. The highest BCUT2D eigenvalue weighted by molar-refractivity contribution is 5.88. The number of likely N-dealkylation sites (tertiary alicyclic amines) is 2. The highest BCUT2D eigenvalue weighted by Crippen LogP contribution is 2.54. The van der Waals surface area contributed by atoms with E-state index in [1.54, 1.807) is 32.6 Å². The SMILES string of the molecule is C[C@@H](OCC1(CO)CC=CCC1)[C@H](NC(=O)[C@@H]1CN(C(=O)OC(C)(C)C)CC12CN(C(=O)[C@H]1CC1(C)C)C2)C(=O)O. The Hall–Kier alpha value is -2.66. The first-order valence-electron chi connectivity index (χ1n) is 14.7. The second-order valence-corrected chi connectivity index (χ2v) is 14.4. The lowest BCUT2D eigenvalue weighted by Crippen LogP contribution is -2.65. The minimum Gasteiger partial charge on any atom is -0.480 e. The van der Waals surface area contributed by atoms with Crippen LogP contribution in [0.5, 0.6) is 0 Å². The van der Waals surface area contributed by atoms with Crippen LogP contribution in [-0.2, 0) is 23.9 Å². The molecule has 41 heavy (non-hydrogen) atoms. The fourth-order valence-corrected chi connectivity index (χ4v) is 6.40. The molecule has 5 atom stereocenters. The summed E-state index contributed by atoms with van der Waals surface area (Å²) in [5.41, 5.74) is -1.90. The molecule has 0 aromatic carbocycles. The van der Waals surface area contributed by atoms with Crippen LogP contribution in [0.25, 0.3) is 0 Å². The zero-order valence-corrected chi connectivity index (χ0v) is 25.3. The maximum Gasteiger partial charge on any atom is 0.410 e. The predicted octanol–water partition coefficient (Wildman–Crippen LogP) is 2.42. The molecule has 3 fully saturated rings. The van der Waals surface area contributed by atoms with Gasteiger partial charge in [-0.25, -0.2) is 9.59 Å². The van der Waals surface area contributed by atoms with E-state index in [4.69, 9.17) is 9.47 Å². The van der Waals surface area contributed by atoms with Gasteiger partial charge in [-0.15, -0.1) is 0 Å². The molecule has 1 unspecified atom stereocenters. The first kappa shape index (κ1) is 31.3. The Kier molecular flexibility index (Phi) is 8.55. The van der Waals surface area contributed by atoms with Crippen LogP contribution in [0.4, 0.5) is 4.79 Å². The minimum absolute atomic E-state index is 0.0256. The van der Waals surface area contributed by atoms with Gasteiger partial charge in [-0.3, -0.25) is 9.59 Å². The second-order valence-electron chi connectivity index (χ2n) is 14.4. The summed E-state index contributed by atoms with van der Waals surface area (Å²) in [7, 11) is 0. The highest BCUT2D eigenvalue weighted by atomic mass is 16.6. The van der Waals surface area contributed by atoms with Crippen LogP contribution in [0.3, 0.4) is 0 Å². The van der Waals surface area contributed by atoms with Gasteiger partial charge in [0.05, 0.1) is 25.2 Å². The molecule has 1 spiro atoms. The zero-order valence-electron chi connectivity index (χ0n) is 25.3. The van der Waals surface area contributed by atoms with Crippen molar-refractivity contribution < 1.29 is 38.9 Å². The van der Waals surface area contributed by atoms with Crippen molar-refractivity contribution in [3.63, 3.8) is 0 Å². The van der Waals surface area contributed by atoms with Crippen molar-refractivity contribution in [1.29, 1.82) is 0 Å². The predicted molar refractivity (Wildman–Crippen MR) is 150 cm³/mol. The van der Waals surface area contributed by atoms with E-state index >= 15 is 0 Å². The van der Waals surface area contributed by atoms with Crippen molar-refractivity contribution in [2.75, 3.05) is 39.4 Å². The molecule has 2 aliphatic heterocycles. The van der Waals surface area contributed by atoms with Gasteiger partial charge < -0.3 is 34.8 Å². The first-order valence-corrected chi connectivity index (χ1v) is 14.7. The summed E-state index contributed by atoms with van der Waals surface area (Å²) < 4.78 is 11.5. The normalized spacial score (nSPS) is 29.4. The monoisotopic (exact) mass is 577 g/mol. The Bertz CT molecular complexity index is 1080. The Morgan fingerprint density at radius 3 is 2.22 bits per heavy atom. The van der Waals surface area contributed by atoms with Gasteiger partial charge in [-0.2, -0.15) is 0 Å². The van der Waals surface area contributed by atoms with Gasteiger partial charge in [-0.1, -0.05) is 26.0 Å². The van der Waals surface area contributed by atoms with Crippen LogP contribution < -0.4 is 5.32 Å². The van der Waals surface area contributed by atoms with Crippen LogP contribution in [0.1, 0.15) is 67.2 Å². The fraction of sp³-hybridized carbons (Fsp3) is 0.800. The molecule has 2 aliphatic carbocycles. The van der Waals surface area contributed by atoms with Gasteiger partial charge in [0.25, 0.3) is 0 Å². The lowest BCUT2D eigenvalue weighted by molar-refractivity contribution is -0.154. The number of aliphatic hydroxyl groups is 1. The van der Waals surface area contributed by atoms with E-state index in [1.807, 2.05) is 6.08 Å². The van der Waals surface area contributed by atoms with E-state index < -0.39 is 52.5 Å². The van der Waals surface area contributed by atoms with Crippen molar-refractivity contribution in [2.24, 2.45) is 28.1 Å². The number of hydrogen-bond acceptors (Lipinski definition) is 7. The lowest BCUT2D eigenvalue weighted by atomic mass is 9.70. The Morgan fingerprint density at radius 1 is 1.07 bits per heavy atom. The van der Waals surface area contributed by atoms with Gasteiger partial charge in [-0.05, 0) is 58.8 Å². The van der Waals surface area contributed by atoms with Crippen LogP contribution in [-0.4, -0.2) is 101 Å². The van der Waals surface area contributed by atoms with Gasteiger partial charge in [0.15, 0.2) is 6.04 Å². The number of allylic oxidation sites excluding steroid dienone is 2. The number of nitrogens with one attached hydrogen (secondary N) is 1. The smallest absolute Gasteiger partial charge is 0.410 e. The van der Waals surface area contributed by atoms with E-state index in [0.717, 1.165) is 19.3 Å². The number of nitrogens with zero attached hydrogens (tertiary/aromatic N) is 2. The number of carbonyl (C=O) groups excluding carboxylic acids is 3. The Morgan fingerprint density at radius 2 is 1.71 bits per heavy atom. The summed E-state index contributed by atoms with van der Waals surface area (Å²) in [6, 6.07) is -1.32. The molecular weight excluding hydrogens is 530 g/mol. The number of carbonyl (C=O) groups is 4. The molecule has 0 aromatic rings. The number of carboxylic acid groups (broad SMARTS) is 1. The van der Waals surface area contributed by atoms with Crippen LogP contribution in [0, 0.1) is 28.1 Å². The molecule has 0 aromatic heterocycles. The number of rotatable bonds is 9. The van der Waals surface area contributed by atoms with Crippen LogP contribution in [0.15, 0.2) is 12.2 Å². The van der Waals surface area contributed by atoms with E-state index in [0.29, 0.717) is 19.5 Å². The number of ether oxygens (including phenoxy) is 2. The standard InChI is InChI=1S/C30H47N3O8/c1-19(40-18-29(17-34)10-8-7-9-11-29)22(25(37)38)31-23(35)21-13-32(26(39)41-27(2,3)4)14-30(21)15-33(16-30)24(36)20-12-28(20,5)6/h7-8,19-22,34H,9-18H2,1-6H3,(H,31,35)(H,37,38)/t19-,20-,21+,22+,29?/m1/s1. The molecule has 3 amide bonds. The van der Waals surface area contributed by atoms with Gasteiger partial charge in [0, 0.05) is 42.9 Å². The molecule has 11 nitrogen and oxygen atoms in total. The van der Waals surface area contributed by atoms with E-state index in [-0.39, 0.29) is 43.5 Å². The molecule has 4 rings (SSSR count). The minimum atomic E-state index is -1.32. The van der Waals surface area contributed by atoms with Crippen molar-refractivity contribution in [2.45, 2.75) is 85.0 Å². The summed E-state index contributed by atoms with van der Waals surface area (Å²) in [5.74, 6) is -2.41. The molecular formula is C30H47N3O8. The number of hydrogen-bond donors (Lipinski definition) is 3. The molecule has 0 bridgehead atoms. The average molecular weight is 578 g/mol. The number of amides is 3. The van der Waals surface area contributed by atoms with Crippen LogP contribution >= 0.6 is 0 Å². The molecule has 2 saturated heterocycles. The number of aliphatic carboxylic acids is 1. The van der Waals surface area contributed by atoms with Gasteiger partial charge >= 0.3 is 12.1 Å². The highest BCUT2D eigenvalue weighted by Gasteiger charge is 2.62. The maximum absolute atomic E-state index is 13.7. The Labute approximate surface area is 242 Å². The summed E-state index contributed by atoms with van der Waals surface area (Å²) in [5, 5.41) is 22.7. The fourth-order valence-electron chi connectivity index (χ4n) is 6.40. The molecule has 11 heteroatoms. The second kappa shape index (κ2) is 11.2. The topological polar surface area (TPSA) is 146 Å². The quantitative estimate of drug-likeness (QED) is 0.354. The van der Waals surface area contributed by atoms with Gasteiger partial charge in [0.2, 0.25) is 11.8 Å². The third kappa shape index (κ3) is 6.71. The summed E-state index contributed by atoms with van der Waals surface area (Å²) in [4.78, 5) is 55.2. The zero-order chi connectivity index (χ0) is 30.4. The summed E-state index contributed by atoms with van der Waals surface area (Å²) >= 11 is 0. The van der Waals surface area contributed by atoms with E-state index in [9.17, 15) is 29.4 Å². The number of aliphatic hydroxyl groups excluding tert-OH is 1. The number of carboxylic acids is 1. The van der Waals surface area contributed by atoms with Crippen molar-refractivity contribution >= 4 is 23.9 Å². The Balaban J connectivity index is 1.45. The van der Waals surface area contributed by atoms with Crippen molar-refractivity contribution in [3.8, 4) is 0 Å². The first-order chi connectivity index (χ1) is 19.0. The van der Waals surface area contributed by atoms with E-state index in [2.05, 4.69) is 25.2 Å². The van der Waals surface area contributed by atoms with Crippen molar-refractivity contribution in [3.05, 3.63) is 12.2 Å². The molecule has 1 saturated carbocycles. The van der Waals surface area contributed by atoms with Crippen molar-refractivity contribution in [1.82, 2.24) is 15.1 Å². The molecule has 2 heterocycles. The average Bonchev–Trinajstić information content (AvgIpc) is 3.32. The molecule has 3 N–H and O–H groups in total. The third-order valence-electron chi connectivity index (χ3n) is 9.33. The van der Waals surface area contributed by atoms with E-state index in [1.165, 1.54) is 4.90 Å². The largest absolute Gasteiger partial charge is 0.480 e. The summed E-state index contributed by atoms with van der Waals surface area (Å²) in [6.07, 6.45) is 5.66. The summed E-state index contributed by atoms with van der Waals surface area (Å²) in [6.45, 7) is 12.1. The molecule has 4 aliphatic rings. The lowest BCUT2D eigenvalue weighted by Gasteiger charge is -2.50. The third-order valence-corrected chi connectivity index (χ3v) is 9.33. The van der Waals surface area contributed by atoms with Gasteiger partial charge in [0.1, 0.15) is 5.60 Å². The van der Waals surface area contributed by atoms with Crippen LogP contribution in [0.2, 0.25) is 0 Å². The molecule has 230 valence electrons.